The van der Waals surface area contributed by atoms with E-state index in [1.165, 1.54) is 7.11 Å². The first-order valence-corrected chi connectivity index (χ1v) is 7.85. The van der Waals surface area contributed by atoms with Crippen molar-refractivity contribution in [2.75, 3.05) is 40.0 Å². The first-order valence-electron chi connectivity index (χ1n) is 7.85. The van der Waals surface area contributed by atoms with Crippen molar-refractivity contribution in [1.82, 2.24) is 4.90 Å². The van der Waals surface area contributed by atoms with Crippen molar-refractivity contribution < 1.29 is 23.8 Å². The summed E-state index contributed by atoms with van der Waals surface area (Å²) in [4.78, 5) is 26.8. The van der Waals surface area contributed by atoms with Gasteiger partial charge in [-0.3, -0.25) is 9.59 Å². The van der Waals surface area contributed by atoms with E-state index in [0.717, 1.165) is 17.7 Å². The van der Waals surface area contributed by atoms with Gasteiger partial charge in [0.15, 0.2) is 0 Å². The lowest BCUT2D eigenvalue weighted by Gasteiger charge is -2.23. The van der Waals surface area contributed by atoms with Gasteiger partial charge in [-0.25, -0.2) is 0 Å². The van der Waals surface area contributed by atoms with Crippen molar-refractivity contribution in [2.24, 2.45) is 11.3 Å². The standard InChI is InChI=1S/C17H19NO5.ClH/c1-21-16(20)17-9-18(7-13(17)8-22-10-17)15(19)12-2-3-14-11(6-12)4-5-23-14;/h2-3,6,13H,4-5,7-10H2,1H3;1H/t13-,17-;/m0./s1. The van der Waals surface area contributed by atoms with E-state index in [-0.39, 0.29) is 30.2 Å². The van der Waals surface area contributed by atoms with Crippen molar-refractivity contribution in [3.63, 3.8) is 0 Å². The normalized spacial score (nSPS) is 27.0. The van der Waals surface area contributed by atoms with Gasteiger partial charge in [-0.1, -0.05) is 0 Å². The molecule has 6 nitrogen and oxygen atoms in total. The van der Waals surface area contributed by atoms with Gasteiger partial charge in [0, 0.05) is 31.0 Å². The van der Waals surface area contributed by atoms with Crippen molar-refractivity contribution >= 4 is 24.3 Å². The van der Waals surface area contributed by atoms with Gasteiger partial charge in [0.05, 0.1) is 26.9 Å². The van der Waals surface area contributed by atoms with E-state index in [1.807, 2.05) is 12.1 Å². The van der Waals surface area contributed by atoms with Gasteiger partial charge in [0.2, 0.25) is 0 Å². The summed E-state index contributed by atoms with van der Waals surface area (Å²) in [5.74, 6) is 0.547. The molecule has 0 unspecified atom stereocenters. The van der Waals surface area contributed by atoms with Crippen LogP contribution in [0.5, 0.6) is 5.75 Å². The minimum absolute atomic E-state index is 0. The molecule has 0 N–H and O–H groups in total. The van der Waals surface area contributed by atoms with Crippen molar-refractivity contribution in [3.05, 3.63) is 29.3 Å². The lowest BCUT2D eigenvalue weighted by Crippen LogP contribution is -2.41. The Morgan fingerprint density at radius 3 is 3.00 bits per heavy atom. The van der Waals surface area contributed by atoms with Crippen LogP contribution in [0.4, 0.5) is 0 Å². The molecular weight excluding hydrogens is 334 g/mol. The summed E-state index contributed by atoms with van der Waals surface area (Å²) < 4.78 is 15.9. The number of esters is 1. The van der Waals surface area contributed by atoms with Gasteiger partial charge >= 0.3 is 5.97 Å². The molecule has 0 radical (unpaired) electrons. The summed E-state index contributed by atoms with van der Waals surface area (Å²) in [6.07, 6.45) is 0.832. The van der Waals surface area contributed by atoms with Crippen molar-refractivity contribution in [3.8, 4) is 5.75 Å². The number of benzene rings is 1. The molecule has 0 bridgehead atoms. The zero-order valence-corrected chi connectivity index (χ0v) is 14.3. The Morgan fingerprint density at radius 1 is 1.38 bits per heavy atom. The fourth-order valence-electron chi connectivity index (χ4n) is 3.88. The largest absolute Gasteiger partial charge is 0.493 e. The lowest BCUT2D eigenvalue weighted by atomic mass is 9.81. The van der Waals surface area contributed by atoms with Gasteiger partial charge in [0.1, 0.15) is 11.2 Å². The molecule has 3 heterocycles. The summed E-state index contributed by atoms with van der Waals surface area (Å²) in [6.45, 7) is 2.38. The first kappa shape index (κ1) is 17.0. The molecule has 2 atom stereocenters. The second-order valence-electron chi connectivity index (χ2n) is 6.47. The Hall–Kier alpha value is -1.79. The number of nitrogens with zero attached hydrogens (tertiary/aromatic N) is 1. The zero-order valence-electron chi connectivity index (χ0n) is 13.4. The highest BCUT2D eigenvalue weighted by Crippen LogP contribution is 2.42. The number of fused-ring (bicyclic) bond motifs is 2. The minimum atomic E-state index is -0.704. The first-order chi connectivity index (χ1) is 11.1. The number of hydrogen-bond donors (Lipinski definition) is 0. The maximum Gasteiger partial charge on any atom is 0.316 e. The highest BCUT2D eigenvalue weighted by atomic mass is 35.5. The van der Waals surface area contributed by atoms with E-state index in [9.17, 15) is 9.59 Å². The molecule has 2 fully saturated rings. The lowest BCUT2D eigenvalue weighted by molar-refractivity contribution is -0.153. The van der Waals surface area contributed by atoms with Crippen LogP contribution in [0.2, 0.25) is 0 Å². The summed E-state index contributed by atoms with van der Waals surface area (Å²) in [7, 11) is 1.39. The second kappa shape index (κ2) is 6.26. The Bertz CT molecular complexity index is 679. The quantitative estimate of drug-likeness (QED) is 0.750. The maximum absolute atomic E-state index is 12.8. The predicted octanol–water partition coefficient (Wildman–Crippen LogP) is 1.30. The van der Waals surface area contributed by atoms with Crippen LogP contribution in [-0.4, -0.2) is 56.8 Å². The third-order valence-corrected chi connectivity index (χ3v) is 5.19. The van der Waals surface area contributed by atoms with E-state index >= 15 is 0 Å². The molecule has 7 heteroatoms. The summed E-state index contributed by atoms with van der Waals surface area (Å²) in [5.41, 5.74) is 1.01. The average Bonchev–Trinajstić information content (AvgIpc) is 3.25. The number of likely N-dealkylation sites (tertiary alicyclic amines) is 1. The fourth-order valence-corrected chi connectivity index (χ4v) is 3.88. The third kappa shape index (κ3) is 2.45. The molecule has 1 amide bonds. The molecule has 3 aliphatic heterocycles. The van der Waals surface area contributed by atoms with E-state index in [4.69, 9.17) is 14.2 Å². The smallest absolute Gasteiger partial charge is 0.316 e. The number of halogens is 1. The molecular formula is C17H20ClNO5. The maximum atomic E-state index is 12.8. The van der Waals surface area contributed by atoms with Crippen LogP contribution >= 0.6 is 12.4 Å². The summed E-state index contributed by atoms with van der Waals surface area (Å²) in [5, 5.41) is 0. The average molecular weight is 354 g/mol. The van der Waals surface area contributed by atoms with Crippen LogP contribution in [0, 0.1) is 11.3 Å². The van der Waals surface area contributed by atoms with E-state index < -0.39 is 5.41 Å². The van der Waals surface area contributed by atoms with Crippen LogP contribution in [0.25, 0.3) is 0 Å². The number of hydrogen-bond acceptors (Lipinski definition) is 5. The van der Waals surface area contributed by atoms with Crippen LogP contribution in [0.1, 0.15) is 15.9 Å². The number of ether oxygens (including phenoxy) is 3. The Kier molecular flexibility index (Phi) is 4.44. The van der Waals surface area contributed by atoms with Gasteiger partial charge < -0.3 is 19.1 Å². The number of amides is 1. The number of carbonyl (C=O) groups is 2. The van der Waals surface area contributed by atoms with Gasteiger partial charge in [0.25, 0.3) is 5.91 Å². The van der Waals surface area contributed by atoms with E-state index in [0.29, 0.717) is 38.5 Å². The Morgan fingerprint density at radius 2 is 2.21 bits per heavy atom. The van der Waals surface area contributed by atoms with Crippen LogP contribution in [0.3, 0.4) is 0 Å². The highest BCUT2D eigenvalue weighted by Gasteiger charge is 2.57. The van der Waals surface area contributed by atoms with Crippen LogP contribution in [0.15, 0.2) is 18.2 Å². The van der Waals surface area contributed by atoms with Crippen molar-refractivity contribution in [1.29, 1.82) is 0 Å². The molecule has 3 aliphatic rings. The molecule has 2 saturated heterocycles. The summed E-state index contributed by atoms with van der Waals surface area (Å²) >= 11 is 0. The van der Waals surface area contributed by atoms with Gasteiger partial charge in [-0.15, -0.1) is 12.4 Å². The molecule has 0 saturated carbocycles. The predicted molar refractivity (Wildman–Crippen MR) is 87.6 cm³/mol. The summed E-state index contributed by atoms with van der Waals surface area (Å²) in [6, 6.07) is 5.55. The van der Waals surface area contributed by atoms with E-state index in [2.05, 4.69) is 0 Å². The van der Waals surface area contributed by atoms with Crippen molar-refractivity contribution in [2.45, 2.75) is 6.42 Å². The minimum Gasteiger partial charge on any atom is -0.493 e. The highest BCUT2D eigenvalue weighted by molar-refractivity contribution is 5.95. The molecule has 0 aromatic heterocycles. The van der Waals surface area contributed by atoms with E-state index in [1.54, 1.807) is 11.0 Å². The fraction of sp³-hybridized carbons (Fsp3) is 0.529. The Labute approximate surface area is 146 Å². The number of carbonyl (C=O) groups excluding carboxylic acids is 2. The molecule has 24 heavy (non-hydrogen) atoms. The molecule has 0 spiro atoms. The second-order valence-corrected chi connectivity index (χ2v) is 6.47. The number of methoxy groups -OCH3 is 1. The SMILES string of the molecule is COC(=O)[C@@]12COC[C@@H]1CN(C(=O)c1ccc3c(c1)CCO3)C2.Cl. The monoisotopic (exact) mass is 353 g/mol. The van der Waals surface area contributed by atoms with Gasteiger partial charge in [-0.2, -0.15) is 0 Å². The molecule has 4 rings (SSSR count). The third-order valence-electron chi connectivity index (χ3n) is 5.19. The van der Waals surface area contributed by atoms with Crippen LogP contribution in [-0.2, 0) is 20.7 Å². The zero-order chi connectivity index (χ0) is 16.0. The molecule has 1 aromatic rings. The molecule has 1 aromatic carbocycles. The number of rotatable bonds is 2. The Balaban J connectivity index is 0.00000169. The molecule has 0 aliphatic carbocycles. The molecule has 130 valence electrons. The van der Waals surface area contributed by atoms with Crippen LogP contribution < -0.4 is 4.74 Å². The topological polar surface area (TPSA) is 65.1 Å². The van der Waals surface area contributed by atoms with Gasteiger partial charge in [-0.05, 0) is 23.8 Å².